The molecule has 0 radical (unpaired) electrons. The molecule has 0 unspecified atom stereocenters. The Balaban J connectivity index is 1.71. The van der Waals surface area contributed by atoms with Gasteiger partial charge in [0.2, 0.25) is 0 Å². The summed E-state index contributed by atoms with van der Waals surface area (Å²) in [4.78, 5) is 41.7. The second-order valence-corrected chi connectivity index (χ2v) is 8.14. The lowest BCUT2D eigenvalue weighted by atomic mass is 10.1. The lowest BCUT2D eigenvalue weighted by Crippen LogP contribution is -2.25. The molecule has 1 N–H and O–H groups in total. The Morgan fingerprint density at radius 1 is 1.13 bits per heavy atom. The van der Waals surface area contributed by atoms with Crippen molar-refractivity contribution in [3.8, 4) is 10.6 Å². The molecule has 9 heteroatoms. The average Bonchev–Trinajstić information content (AvgIpc) is 3.13. The van der Waals surface area contributed by atoms with Crippen molar-refractivity contribution in [3.05, 3.63) is 67.6 Å². The average molecular weight is 441 g/mol. The third kappa shape index (κ3) is 4.72. The molecule has 3 aromatic rings. The van der Waals surface area contributed by atoms with E-state index in [0.717, 1.165) is 16.8 Å². The summed E-state index contributed by atoms with van der Waals surface area (Å²) in [6.45, 7) is 5.86. The molecule has 1 amide bonds. The number of methoxy groups -OCH3 is 1. The fourth-order valence-electron chi connectivity index (χ4n) is 3.14. The Kier molecular flexibility index (Phi) is 6.65. The van der Waals surface area contributed by atoms with Gasteiger partial charge >= 0.3 is 5.97 Å². The summed E-state index contributed by atoms with van der Waals surface area (Å²) in [5.41, 5.74) is 3.80. The van der Waals surface area contributed by atoms with Gasteiger partial charge in [0.25, 0.3) is 11.5 Å². The third-order valence-corrected chi connectivity index (χ3v) is 6.19. The van der Waals surface area contributed by atoms with Gasteiger partial charge in [-0.15, -0.1) is 11.3 Å². The summed E-state index contributed by atoms with van der Waals surface area (Å²) in [6, 6.07) is 7.06. The second-order valence-electron chi connectivity index (χ2n) is 7.14. The third-order valence-electron chi connectivity index (χ3n) is 5.02. The quantitative estimate of drug-likeness (QED) is 0.591. The van der Waals surface area contributed by atoms with E-state index in [2.05, 4.69) is 20.1 Å². The normalized spacial score (nSPS) is 10.7. The van der Waals surface area contributed by atoms with E-state index in [0.29, 0.717) is 39.7 Å². The fraction of sp³-hybridized carbons (Fsp3) is 0.318. The number of rotatable bonds is 6. The molecule has 31 heavy (non-hydrogen) atoms. The smallest absolute Gasteiger partial charge is 0.337 e. The minimum absolute atomic E-state index is 0.229. The van der Waals surface area contributed by atoms with Crippen LogP contribution in [0.1, 0.15) is 42.5 Å². The highest BCUT2D eigenvalue weighted by molar-refractivity contribution is 7.17. The number of carbonyl (C=O) groups is 2. The molecule has 162 valence electrons. The largest absolute Gasteiger partial charge is 0.465 e. The van der Waals surface area contributed by atoms with Crippen LogP contribution in [-0.4, -0.2) is 40.3 Å². The number of amides is 1. The van der Waals surface area contributed by atoms with Crippen LogP contribution < -0.4 is 10.9 Å². The number of ether oxygens (including phenoxy) is 1. The van der Waals surface area contributed by atoms with E-state index in [1.807, 2.05) is 26.0 Å². The molecule has 2 heterocycles. The van der Waals surface area contributed by atoms with Gasteiger partial charge < -0.3 is 10.1 Å². The van der Waals surface area contributed by atoms with Crippen molar-refractivity contribution < 1.29 is 14.3 Å². The van der Waals surface area contributed by atoms with Crippen molar-refractivity contribution in [2.24, 2.45) is 7.05 Å². The number of nitrogens with one attached hydrogen (secondary N) is 1. The summed E-state index contributed by atoms with van der Waals surface area (Å²) in [6.07, 6.45) is 0.612. The number of carbonyl (C=O) groups excluding carboxylic acids is 2. The number of esters is 1. The monoisotopic (exact) mass is 440 g/mol. The summed E-state index contributed by atoms with van der Waals surface area (Å²) in [5, 5.41) is 7.60. The Morgan fingerprint density at radius 3 is 2.45 bits per heavy atom. The summed E-state index contributed by atoms with van der Waals surface area (Å²) >= 11 is 1.20. The summed E-state index contributed by atoms with van der Waals surface area (Å²) in [7, 11) is 2.94. The Hall–Kier alpha value is -3.33. The topological polar surface area (TPSA) is 103 Å². The van der Waals surface area contributed by atoms with Crippen LogP contribution in [0.25, 0.3) is 10.6 Å². The molecule has 1 aromatic carbocycles. The fourth-order valence-corrected chi connectivity index (χ4v) is 4.22. The molecular formula is C22H24N4O4S. The minimum Gasteiger partial charge on any atom is -0.465 e. The highest BCUT2D eigenvalue weighted by Crippen LogP contribution is 2.28. The number of aryl methyl sites for hydroxylation is 3. The zero-order valence-electron chi connectivity index (χ0n) is 18.1. The Bertz CT molecular complexity index is 1200. The van der Waals surface area contributed by atoms with Gasteiger partial charge in [-0.2, -0.15) is 5.10 Å². The van der Waals surface area contributed by atoms with Crippen LogP contribution in [-0.2, 0) is 18.2 Å². The lowest BCUT2D eigenvalue weighted by molar-refractivity contribution is 0.0600. The molecule has 0 saturated carbocycles. The first kappa shape index (κ1) is 22.4. The lowest BCUT2D eigenvalue weighted by Gasteiger charge is -2.07. The van der Waals surface area contributed by atoms with Crippen LogP contribution in [0.5, 0.6) is 0 Å². The predicted octanol–water partition coefficient (Wildman–Crippen LogP) is 2.59. The molecule has 0 atom stereocenters. The number of nitrogens with zero attached hydrogens (tertiary/aromatic N) is 3. The number of aromatic nitrogens is 3. The van der Waals surface area contributed by atoms with E-state index in [1.54, 1.807) is 26.1 Å². The van der Waals surface area contributed by atoms with E-state index >= 15 is 0 Å². The molecule has 2 aromatic heterocycles. The standard InChI is InChI=1S/C22H24N4O4S/c1-12-13(2)25-26(4)21(28)17(12)20-24-14(3)18(31-20)19(27)23-11-10-15-6-8-16(9-7-15)22(29)30-5/h6-9H,10-11H2,1-5H3,(H,23,27). The molecule has 0 bridgehead atoms. The number of thiazole rings is 1. The van der Waals surface area contributed by atoms with E-state index in [4.69, 9.17) is 0 Å². The van der Waals surface area contributed by atoms with Gasteiger partial charge in [-0.05, 0) is 50.5 Å². The molecule has 0 aliphatic rings. The SMILES string of the molecule is COC(=O)c1ccc(CCNC(=O)c2sc(-c3c(C)c(C)nn(C)c3=O)nc2C)cc1. The van der Waals surface area contributed by atoms with Crippen molar-refractivity contribution in [2.45, 2.75) is 27.2 Å². The Morgan fingerprint density at radius 2 is 1.81 bits per heavy atom. The molecule has 3 rings (SSSR count). The number of hydrogen-bond acceptors (Lipinski definition) is 7. The highest BCUT2D eigenvalue weighted by atomic mass is 32.1. The number of benzene rings is 1. The van der Waals surface area contributed by atoms with Crippen molar-refractivity contribution in [2.75, 3.05) is 13.7 Å². The van der Waals surface area contributed by atoms with Crippen LogP contribution in [0.15, 0.2) is 29.1 Å². The Labute approximate surface area is 183 Å². The maximum Gasteiger partial charge on any atom is 0.337 e. The number of hydrogen-bond donors (Lipinski definition) is 1. The van der Waals surface area contributed by atoms with Crippen molar-refractivity contribution in [1.29, 1.82) is 0 Å². The second kappa shape index (κ2) is 9.22. The van der Waals surface area contributed by atoms with Gasteiger partial charge in [0, 0.05) is 13.6 Å². The summed E-state index contributed by atoms with van der Waals surface area (Å²) in [5.74, 6) is -0.613. The van der Waals surface area contributed by atoms with Crippen LogP contribution in [0.2, 0.25) is 0 Å². The van der Waals surface area contributed by atoms with Gasteiger partial charge in [0.05, 0.1) is 29.6 Å². The maximum atomic E-state index is 12.7. The van der Waals surface area contributed by atoms with E-state index < -0.39 is 0 Å². The first-order valence-corrected chi connectivity index (χ1v) is 10.5. The molecule has 0 aliphatic carbocycles. The first-order valence-electron chi connectivity index (χ1n) is 9.70. The molecule has 8 nitrogen and oxygen atoms in total. The molecule has 0 aliphatic heterocycles. The van der Waals surface area contributed by atoms with E-state index in [1.165, 1.54) is 23.1 Å². The van der Waals surface area contributed by atoms with Gasteiger partial charge in [0.1, 0.15) is 9.88 Å². The van der Waals surface area contributed by atoms with Crippen LogP contribution >= 0.6 is 11.3 Å². The minimum atomic E-state index is -0.384. The van der Waals surface area contributed by atoms with Gasteiger partial charge in [-0.25, -0.2) is 14.5 Å². The van der Waals surface area contributed by atoms with Gasteiger partial charge in [-0.3, -0.25) is 9.59 Å². The van der Waals surface area contributed by atoms with E-state index in [9.17, 15) is 14.4 Å². The molecule has 0 saturated heterocycles. The maximum absolute atomic E-state index is 12.7. The summed E-state index contributed by atoms with van der Waals surface area (Å²) < 4.78 is 5.98. The first-order chi connectivity index (χ1) is 14.7. The van der Waals surface area contributed by atoms with Crippen LogP contribution in [0.3, 0.4) is 0 Å². The zero-order chi connectivity index (χ0) is 22.7. The van der Waals surface area contributed by atoms with Crippen molar-refractivity contribution in [3.63, 3.8) is 0 Å². The van der Waals surface area contributed by atoms with E-state index in [-0.39, 0.29) is 17.4 Å². The van der Waals surface area contributed by atoms with Crippen LogP contribution in [0.4, 0.5) is 0 Å². The molecule has 0 fully saturated rings. The predicted molar refractivity (Wildman–Crippen MR) is 119 cm³/mol. The van der Waals surface area contributed by atoms with Crippen molar-refractivity contribution >= 4 is 23.2 Å². The highest BCUT2D eigenvalue weighted by Gasteiger charge is 2.20. The van der Waals surface area contributed by atoms with Gasteiger partial charge in [0.15, 0.2) is 0 Å². The molecular weight excluding hydrogens is 416 g/mol. The van der Waals surface area contributed by atoms with Gasteiger partial charge in [-0.1, -0.05) is 12.1 Å². The zero-order valence-corrected chi connectivity index (χ0v) is 18.9. The van der Waals surface area contributed by atoms with Crippen LogP contribution in [0, 0.1) is 20.8 Å². The molecule has 0 spiro atoms. The van der Waals surface area contributed by atoms with Crippen molar-refractivity contribution in [1.82, 2.24) is 20.1 Å².